The van der Waals surface area contributed by atoms with Gasteiger partial charge in [0.05, 0.1) is 32.0 Å². The second kappa shape index (κ2) is 7.04. The number of methoxy groups -OCH3 is 3. The summed E-state index contributed by atoms with van der Waals surface area (Å²) < 4.78 is 15.4. The predicted molar refractivity (Wildman–Crippen MR) is 90.5 cm³/mol. The molecule has 8 heteroatoms. The van der Waals surface area contributed by atoms with Crippen LogP contribution in [0.3, 0.4) is 0 Å². The van der Waals surface area contributed by atoms with Gasteiger partial charge in [-0.3, -0.25) is 0 Å². The van der Waals surface area contributed by atoms with Gasteiger partial charge in [-0.25, -0.2) is 9.97 Å². The summed E-state index contributed by atoms with van der Waals surface area (Å²) in [4.78, 5) is 9.34. The fourth-order valence-electron chi connectivity index (χ4n) is 1.95. The minimum atomic E-state index is 0.289. The van der Waals surface area contributed by atoms with Crippen molar-refractivity contribution in [2.75, 3.05) is 33.3 Å². The lowest BCUT2D eigenvalue weighted by Gasteiger charge is -2.15. The molecule has 0 atom stereocenters. The highest BCUT2D eigenvalue weighted by atomic mass is 35.5. The molecule has 1 aromatic carbocycles. The Balaban J connectivity index is 2.66. The molecular formula is C14H16ClN3O3S. The molecule has 2 aromatic rings. The number of halogens is 1. The molecule has 0 saturated carbocycles. The minimum absolute atomic E-state index is 0.289. The van der Waals surface area contributed by atoms with Crippen LogP contribution in [0, 0.1) is 6.92 Å². The first-order valence-electron chi connectivity index (χ1n) is 6.39. The Morgan fingerprint density at radius 3 is 2.45 bits per heavy atom. The summed E-state index contributed by atoms with van der Waals surface area (Å²) in [7, 11) is 4.58. The third-order valence-electron chi connectivity index (χ3n) is 3.02. The van der Waals surface area contributed by atoms with Crippen molar-refractivity contribution >= 4 is 45.5 Å². The second-order valence-electron chi connectivity index (χ2n) is 4.45. The van der Waals surface area contributed by atoms with Crippen LogP contribution in [0.5, 0.6) is 11.8 Å². The van der Waals surface area contributed by atoms with Crippen LogP contribution in [0.4, 0.5) is 5.69 Å². The van der Waals surface area contributed by atoms with E-state index in [9.17, 15) is 0 Å². The highest BCUT2D eigenvalue weighted by Gasteiger charge is 2.17. The van der Waals surface area contributed by atoms with Crippen LogP contribution in [0.2, 0.25) is 5.02 Å². The van der Waals surface area contributed by atoms with Crippen LogP contribution >= 0.6 is 23.8 Å². The molecule has 22 heavy (non-hydrogen) atoms. The van der Waals surface area contributed by atoms with Gasteiger partial charge in [0.15, 0.2) is 0 Å². The fourth-order valence-corrected chi connectivity index (χ4v) is 2.37. The molecule has 0 aliphatic carbocycles. The van der Waals surface area contributed by atoms with Crippen molar-refractivity contribution in [2.24, 2.45) is 0 Å². The van der Waals surface area contributed by atoms with E-state index in [1.165, 1.54) is 14.2 Å². The van der Waals surface area contributed by atoms with Gasteiger partial charge in [-0.05, 0) is 18.6 Å². The lowest BCUT2D eigenvalue weighted by molar-refractivity contribution is 0.247. The van der Waals surface area contributed by atoms with Crippen molar-refractivity contribution in [3.8, 4) is 11.8 Å². The molecule has 0 radical (unpaired) electrons. The summed E-state index contributed by atoms with van der Waals surface area (Å²) in [6.45, 7) is 2.17. The summed E-state index contributed by atoms with van der Waals surface area (Å²) in [5, 5.41) is 3.66. The van der Waals surface area contributed by atoms with Gasteiger partial charge < -0.3 is 19.5 Å². The number of hydrogen-bond donors (Lipinski definition) is 1. The van der Waals surface area contributed by atoms with E-state index in [-0.39, 0.29) is 5.88 Å². The summed E-state index contributed by atoms with van der Waals surface area (Å²) in [6, 6.07) is 1.73. The fraction of sp³-hybridized carbons (Fsp3) is 0.357. The average Bonchev–Trinajstić information content (AvgIpc) is 2.50. The topological polar surface area (TPSA) is 65.5 Å². The molecule has 0 saturated heterocycles. The van der Waals surface area contributed by atoms with E-state index >= 15 is 0 Å². The summed E-state index contributed by atoms with van der Waals surface area (Å²) in [6.07, 6.45) is 0. The highest BCUT2D eigenvalue weighted by Crippen LogP contribution is 2.34. The predicted octanol–water partition coefficient (Wildman–Crippen LogP) is 2.99. The number of aromatic nitrogens is 2. The number of hydrogen-bond acceptors (Lipinski definition) is 6. The van der Waals surface area contributed by atoms with Gasteiger partial charge in [-0.15, -0.1) is 0 Å². The van der Waals surface area contributed by atoms with Crippen molar-refractivity contribution < 1.29 is 14.2 Å². The molecule has 0 fully saturated rings. The third-order valence-corrected chi connectivity index (χ3v) is 3.63. The standard InChI is InChI=1S/C14H16ClN3O3S/c1-7-8(15)5-9-12(11(7)17-10(22)6-19-2)18-14(21-4)13(16-9)20-3/h5H,6H2,1-4H3,(H,17,22). The van der Waals surface area contributed by atoms with Crippen LogP contribution < -0.4 is 14.8 Å². The van der Waals surface area contributed by atoms with Crippen molar-refractivity contribution in [2.45, 2.75) is 6.92 Å². The summed E-state index contributed by atoms with van der Waals surface area (Å²) >= 11 is 11.5. The number of ether oxygens (including phenoxy) is 3. The number of anilines is 1. The lowest BCUT2D eigenvalue weighted by Crippen LogP contribution is -2.16. The maximum Gasteiger partial charge on any atom is 0.278 e. The van der Waals surface area contributed by atoms with Gasteiger partial charge in [0.25, 0.3) is 11.8 Å². The monoisotopic (exact) mass is 341 g/mol. The molecule has 0 aliphatic heterocycles. The zero-order valence-electron chi connectivity index (χ0n) is 12.7. The maximum absolute atomic E-state index is 6.27. The smallest absolute Gasteiger partial charge is 0.278 e. The number of nitrogens with zero attached hydrogens (tertiary/aromatic N) is 2. The zero-order valence-corrected chi connectivity index (χ0v) is 14.3. The third kappa shape index (κ3) is 3.21. The Labute approximate surface area is 138 Å². The van der Waals surface area contributed by atoms with Gasteiger partial charge in [-0.1, -0.05) is 23.8 Å². The largest absolute Gasteiger partial charge is 0.477 e. The number of fused-ring (bicyclic) bond motifs is 1. The average molecular weight is 342 g/mol. The molecule has 0 aliphatic rings. The Kier molecular flexibility index (Phi) is 5.33. The Morgan fingerprint density at radius 1 is 1.23 bits per heavy atom. The van der Waals surface area contributed by atoms with E-state index in [4.69, 9.17) is 38.0 Å². The van der Waals surface area contributed by atoms with Crippen molar-refractivity contribution in [1.82, 2.24) is 9.97 Å². The van der Waals surface area contributed by atoms with E-state index in [1.807, 2.05) is 6.92 Å². The first kappa shape index (κ1) is 16.7. The van der Waals surface area contributed by atoms with E-state index in [1.54, 1.807) is 13.2 Å². The number of thiocarbonyl (C=S) groups is 1. The first-order valence-corrected chi connectivity index (χ1v) is 7.18. The number of rotatable bonds is 5. The van der Waals surface area contributed by atoms with Gasteiger partial charge in [-0.2, -0.15) is 0 Å². The highest BCUT2D eigenvalue weighted by molar-refractivity contribution is 7.80. The van der Waals surface area contributed by atoms with Crippen LogP contribution in [0.1, 0.15) is 5.56 Å². The molecule has 2 rings (SSSR count). The quantitative estimate of drug-likeness (QED) is 0.838. The van der Waals surface area contributed by atoms with E-state index in [2.05, 4.69) is 15.3 Å². The molecule has 118 valence electrons. The van der Waals surface area contributed by atoms with E-state index in [0.29, 0.717) is 39.2 Å². The Morgan fingerprint density at radius 2 is 1.86 bits per heavy atom. The summed E-state index contributed by atoms with van der Waals surface area (Å²) in [5.74, 6) is 0.581. The number of benzene rings is 1. The van der Waals surface area contributed by atoms with Gasteiger partial charge in [0.1, 0.15) is 10.5 Å². The molecule has 1 aromatic heterocycles. The van der Waals surface area contributed by atoms with Crippen molar-refractivity contribution in [3.63, 3.8) is 0 Å². The van der Waals surface area contributed by atoms with Crippen molar-refractivity contribution in [3.05, 3.63) is 16.7 Å². The molecule has 1 heterocycles. The molecule has 6 nitrogen and oxygen atoms in total. The van der Waals surface area contributed by atoms with Crippen LogP contribution in [0.15, 0.2) is 6.07 Å². The van der Waals surface area contributed by atoms with Crippen LogP contribution in [0.25, 0.3) is 11.0 Å². The molecule has 1 N–H and O–H groups in total. The molecular weight excluding hydrogens is 326 g/mol. The van der Waals surface area contributed by atoms with Gasteiger partial charge in [0, 0.05) is 12.1 Å². The van der Waals surface area contributed by atoms with E-state index in [0.717, 1.165) is 5.56 Å². The van der Waals surface area contributed by atoms with Gasteiger partial charge in [0.2, 0.25) is 0 Å². The second-order valence-corrected chi connectivity index (χ2v) is 5.35. The SMILES string of the molecule is COCC(=S)Nc1c(C)c(Cl)cc2nc(OC)c(OC)nc12. The molecule has 0 amide bonds. The summed E-state index contributed by atoms with van der Waals surface area (Å²) in [5.41, 5.74) is 2.67. The molecule has 0 spiro atoms. The normalized spacial score (nSPS) is 10.6. The number of nitrogens with one attached hydrogen (secondary N) is 1. The first-order chi connectivity index (χ1) is 10.5. The minimum Gasteiger partial charge on any atom is -0.477 e. The molecule has 0 bridgehead atoms. The molecule has 0 unspecified atom stereocenters. The van der Waals surface area contributed by atoms with E-state index < -0.39 is 0 Å². The Bertz CT molecular complexity index is 724. The van der Waals surface area contributed by atoms with Gasteiger partial charge >= 0.3 is 0 Å². The Hall–Kier alpha value is -1.70. The zero-order chi connectivity index (χ0) is 16.3. The maximum atomic E-state index is 6.27. The van der Waals surface area contributed by atoms with Crippen LogP contribution in [-0.4, -0.2) is 42.9 Å². The van der Waals surface area contributed by atoms with Crippen molar-refractivity contribution in [1.29, 1.82) is 0 Å². The van der Waals surface area contributed by atoms with Crippen LogP contribution in [-0.2, 0) is 4.74 Å². The lowest BCUT2D eigenvalue weighted by atomic mass is 10.1.